The van der Waals surface area contributed by atoms with Gasteiger partial charge in [-0.2, -0.15) is 0 Å². The van der Waals surface area contributed by atoms with Gasteiger partial charge in [-0.3, -0.25) is 9.52 Å². The van der Waals surface area contributed by atoms with Crippen molar-refractivity contribution in [1.82, 2.24) is 4.72 Å². The molecule has 0 atom stereocenters. The van der Waals surface area contributed by atoms with Crippen molar-refractivity contribution in [3.8, 4) is 0 Å². The largest absolute Gasteiger partial charge is 0.330 e. The Morgan fingerprint density at radius 2 is 2.00 bits per heavy atom. The van der Waals surface area contributed by atoms with E-state index in [1.807, 2.05) is 0 Å². The first-order chi connectivity index (χ1) is 4.45. The van der Waals surface area contributed by atoms with Crippen molar-refractivity contribution in [2.24, 2.45) is 5.73 Å². The SMILES string of the molecule is CS(=O)(=O)NC(=O)CCN.Cl. The zero-order valence-corrected chi connectivity index (χ0v) is 7.67. The molecule has 1 amide bonds. The maximum Gasteiger partial charge on any atom is 0.234 e. The topological polar surface area (TPSA) is 89.3 Å². The molecular formula is C4H11ClN2O3S. The van der Waals surface area contributed by atoms with Crippen LogP contribution in [0.5, 0.6) is 0 Å². The second-order valence-electron chi connectivity index (χ2n) is 1.84. The van der Waals surface area contributed by atoms with E-state index in [-0.39, 0.29) is 25.4 Å². The van der Waals surface area contributed by atoms with E-state index in [0.29, 0.717) is 0 Å². The van der Waals surface area contributed by atoms with E-state index in [1.54, 1.807) is 4.72 Å². The Bertz CT molecular complexity index is 213. The number of carbonyl (C=O) groups is 1. The van der Waals surface area contributed by atoms with Gasteiger partial charge in [0.2, 0.25) is 15.9 Å². The summed E-state index contributed by atoms with van der Waals surface area (Å²) in [5, 5.41) is 0. The molecule has 0 saturated carbocycles. The third-order valence-corrected chi connectivity index (χ3v) is 1.27. The molecule has 0 aliphatic heterocycles. The molecule has 68 valence electrons. The number of nitrogens with two attached hydrogens (primary N) is 1. The molecule has 0 aliphatic rings. The summed E-state index contributed by atoms with van der Waals surface area (Å²) >= 11 is 0. The van der Waals surface area contributed by atoms with Crippen LogP contribution in [-0.4, -0.2) is 27.1 Å². The highest BCUT2D eigenvalue weighted by Crippen LogP contribution is 1.78. The Balaban J connectivity index is 0. The van der Waals surface area contributed by atoms with Gasteiger partial charge in [-0.25, -0.2) is 8.42 Å². The molecule has 3 N–H and O–H groups in total. The van der Waals surface area contributed by atoms with Crippen molar-refractivity contribution in [3.63, 3.8) is 0 Å². The van der Waals surface area contributed by atoms with Crippen LogP contribution in [0.25, 0.3) is 0 Å². The average Bonchev–Trinajstić information content (AvgIpc) is 1.59. The first-order valence-corrected chi connectivity index (χ1v) is 4.55. The highest BCUT2D eigenvalue weighted by atomic mass is 35.5. The lowest BCUT2D eigenvalue weighted by atomic mass is 10.4. The molecule has 0 radical (unpaired) electrons. The Kier molecular flexibility index (Phi) is 6.44. The van der Waals surface area contributed by atoms with Crippen LogP contribution in [0.4, 0.5) is 0 Å². The van der Waals surface area contributed by atoms with Gasteiger partial charge in [-0.05, 0) is 0 Å². The molecule has 0 spiro atoms. The van der Waals surface area contributed by atoms with Gasteiger partial charge in [0.15, 0.2) is 0 Å². The van der Waals surface area contributed by atoms with Gasteiger partial charge in [-0.15, -0.1) is 12.4 Å². The van der Waals surface area contributed by atoms with E-state index in [4.69, 9.17) is 5.73 Å². The minimum absolute atomic E-state index is 0. The van der Waals surface area contributed by atoms with E-state index in [9.17, 15) is 13.2 Å². The Hall–Kier alpha value is -0.330. The predicted molar refractivity (Wildman–Crippen MR) is 43.9 cm³/mol. The summed E-state index contributed by atoms with van der Waals surface area (Å²) < 4.78 is 22.5. The molecule has 0 unspecified atom stereocenters. The third kappa shape index (κ3) is 9.67. The Morgan fingerprint density at radius 1 is 1.55 bits per heavy atom. The van der Waals surface area contributed by atoms with Crippen LogP contribution in [0.3, 0.4) is 0 Å². The monoisotopic (exact) mass is 202 g/mol. The molecule has 0 saturated heterocycles. The lowest BCUT2D eigenvalue weighted by Gasteiger charge is -1.98. The molecule has 0 aromatic carbocycles. The normalized spacial score (nSPS) is 10.0. The summed E-state index contributed by atoms with van der Waals surface area (Å²) in [6.07, 6.45) is 0.953. The zero-order chi connectivity index (χ0) is 8.20. The Labute approximate surface area is 71.8 Å². The molecule has 11 heavy (non-hydrogen) atoms. The van der Waals surface area contributed by atoms with Gasteiger partial charge >= 0.3 is 0 Å². The molecule has 5 nitrogen and oxygen atoms in total. The molecule has 7 heteroatoms. The van der Waals surface area contributed by atoms with Crippen molar-refractivity contribution in [2.75, 3.05) is 12.8 Å². The fourth-order valence-electron chi connectivity index (χ4n) is 0.389. The van der Waals surface area contributed by atoms with Gasteiger partial charge in [0.05, 0.1) is 6.26 Å². The van der Waals surface area contributed by atoms with Gasteiger partial charge < -0.3 is 5.73 Å². The van der Waals surface area contributed by atoms with Crippen molar-refractivity contribution in [3.05, 3.63) is 0 Å². The first kappa shape index (κ1) is 13.3. The van der Waals surface area contributed by atoms with Crippen molar-refractivity contribution in [1.29, 1.82) is 0 Å². The van der Waals surface area contributed by atoms with Crippen LogP contribution in [-0.2, 0) is 14.8 Å². The summed E-state index contributed by atoms with van der Waals surface area (Å²) in [5.74, 6) is -0.565. The van der Waals surface area contributed by atoms with Crippen molar-refractivity contribution in [2.45, 2.75) is 6.42 Å². The van der Waals surface area contributed by atoms with Gasteiger partial charge in [0, 0.05) is 13.0 Å². The van der Waals surface area contributed by atoms with Crippen LogP contribution in [0.2, 0.25) is 0 Å². The van der Waals surface area contributed by atoms with Crippen LogP contribution >= 0.6 is 12.4 Å². The summed E-state index contributed by atoms with van der Waals surface area (Å²) in [4.78, 5) is 10.5. The summed E-state index contributed by atoms with van der Waals surface area (Å²) in [6, 6.07) is 0. The lowest BCUT2D eigenvalue weighted by molar-refractivity contribution is -0.119. The fraction of sp³-hybridized carbons (Fsp3) is 0.750. The number of amides is 1. The minimum Gasteiger partial charge on any atom is -0.330 e. The molecule has 0 aliphatic carbocycles. The van der Waals surface area contributed by atoms with Crippen LogP contribution in [0, 0.1) is 0 Å². The highest BCUT2D eigenvalue weighted by molar-refractivity contribution is 7.89. The molecule has 0 rings (SSSR count). The van der Waals surface area contributed by atoms with Gasteiger partial charge in [-0.1, -0.05) is 0 Å². The number of hydrogen-bond acceptors (Lipinski definition) is 4. The van der Waals surface area contributed by atoms with Crippen molar-refractivity contribution < 1.29 is 13.2 Å². The first-order valence-electron chi connectivity index (χ1n) is 2.66. The molecule has 0 bridgehead atoms. The lowest BCUT2D eigenvalue weighted by Crippen LogP contribution is -2.30. The maximum absolute atomic E-state index is 10.5. The van der Waals surface area contributed by atoms with Gasteiger partial charge in [0.25, 0.3) is 0 Å². The number of nitrogens with one attached hydrogen (secondary N) is 1. The molecule has 0 heterocycles. The number of rotatable bonds is 3. The van der Waals surface area contributed by atoms with Crippen molar-refractivity contribution >= 4 is 28.3 Å². The molecule has 0 aromatic rings. The number of sulfonamides is 1. The highest BCUT2D eigenvalue weighted by Gasteiger charge is 2.05. The van der Waals surface area contributed by atoms with Crippen LogP contribution < -0.4 is 10.5 Å². The van der Waals surface area contributed by atoms with E-state index in [1.165, 1.54) is 0 Å². The van der Waals surface area contributed by atoms with E-state index < -0.39 is 15.9 Å². The average molecular weight is 203 g/mol. The molecular weight excluding hydrogens is 192 g/mol. The maximum atomic E-state index is 10.5. The third-order valence-electron chi connectivity index (χ3n) is 0.671. The molecule has 0 aromatic heterocycles. The number of hydrogen-bond donors (Lipinski definition) is 2. The van der Waals surface area contributed by atoms with E-state index in [2.05, 4.69) is 0 Å². The van der Waals surface area contributed by atoms with Crippen LogP contribution in [0.1, 0.15) is 6.42 Å². The van der Waals surface area contributed by atoms with E-state index in [0.717, 1.165) is 6.26 Å². The number of carbonyl (C=O) groups excluding carboxylic acids is 1. The fourth-order valence-corrected chi connectivity index (χ4v) is 0.905. The number of halogens is 1. The summed E-state index contributed by atoms with van der Waals surface area (Å²) in [7, 11) is -3.40. The minimum atomic E-state index is -3.40. The smallest absolute Gasteiger partial charge is 0.234 e. The quantitative estimate of drug-likeness (QED) is 0.604. The van der Waals surface area contributed by atoms with Crippen LogP contribution in [0.15, 0.2) is 0 Å². The zero-order valence-electron chi connectivity index (χ0n) is 6.03. The van der Waals surface area contributed by atoms with Gasteiger partial charge in [0.1, 0.15) is 0 Å². The molecule has 0 fully saturated rings. The second kappa shape index (κ2) is 5.34. The second-order valence-corrected chi connectivity index (χ2v) is 3.58. The standard InChI is InChI=1S/C4H10N2O3S.ClH/c1-10(8,9)6-4(7)2-3-5;/h2-3,5H2,1H3,(H,6,7);1H. The Morgan fingerprint density at radius 3 is 2.27 bits per heavy atom. The predicted octanol–water partition coefficient (Wildman–Crippen LogP) is -1.17. The summed E-state index contributed by atoms with van der Waals surface area (Å²) in [5.41, 5.74) is 4.99. The summed E-state index contributed by atoms with van der Waals surface area (Å²) in [6.45, 7) is 0.154. The van der Waals surface area contributed by atoms with E-state index >= 15 is 0 Å².